The number of benzene rings is 1. The van der Waals surface area contributed by atoms with Gasteiger partial charge in [0, 0.05) is 31.1 Å². The van der Waals surface area contributed by atoms with Crippen LogP contribution in [0.2, 0.25) is 0 Å². The molecule has 1 unspecified atom stereocenters. The van der Waals surface area contributed by atoms with Crippen molar-refractivity contribution >= 4 is 76.7 Å². The molecule has 5 rings (SSSR count). The standard InChI is InChI=1S/C27H27N7O11S3/c1-2-32-8-9-33(20(38)19(32)37)26(44)28-15(12-6-4-3-5-7-12)18(36)29-27(31-45)24(43)34-16(22(41)42)13(11-47-25(27)34)10-46-23-14(21(39)40)17(35)30-48-23/h3-7,15,25,31,45H,2,8-11H2,1H3,(H,28,44)(H,29,36)(H,30,35)(H,39,40)(H,41,42)/t15?,25-,27-/m0/s1. The maximum Gasteiger partial charge on any atom is 0.352 e. The van der Waals surface area contributed by atoms with Gasteiger partial charge in [0.2, 0.25) is 11.6 Å². The van der Waals surface area contributed by atoms with Crippen LogP contribution in [0.3, 0.4) is 0 Å². The molecule has 0 saturated carbocycles. The van der Waals surface area contributed by atoms with Gasteiger partial charge in [-0.1, -0.05) is 41.9 Å². The van der Waals surface area contributed by atoms with Crippen molar-refractivity contribution in [3.63, 3.8) is 0 Å². The average molecular weight is 722 g/mol. The van der Waals surface area contributed by atoms with Gasteiger partial charge in [0.25, 0.3) is 11.5 Å². The van der Waals surface area contributed by atoms with Gasteiger partial charge >= 0.3 is 29.8 Å². The predicted molar refractivity (Wildman–Crippen MR) is 168 cm³/mol. The van der Waals surface area contributed by atoms with Gasteiger partial charge in [-0.25, -0.2) is 14.4 Å². The fourth-order valence-corrected chi connectivity index (χ4v) is 8.80. The van der Waals surface area contributed by atoms with Crippen molar-refractivity contribution in [2.75, 3.05) is 31.1 Å². The predicted octanol–water partition coefficient (Wildman–Crippen LogP) is -0.587. The molecule has 0 aliphatic carbocycles. The lowest BCUT2D eigenvalue weighted by Crippen LogP contribution is -2.85. The van der Waals surface area contributed by atoms with E-state index in [0.717, 1.165) is 40.0 Å². The lowest BCUT2D eigenvalue weighted by atomic mass is 9.94. The van der Waals surface area contributed by atoms with E-state index in [0.29, 0.717) is 4.90 Å². The smallest absolute Gasteiger partial charge is 0.352 e. The number of hydrogen-bond donors (Lipinski definition) is 7. The van der Waals surface area contributed by atoms with Crippen molar-refractivity contribution in [1.82, 2.24) is 35.2 Å². The van der Waals surface area contributed by atoms with Gasteiger partial charge in [-0.3, -0.25) is 38.1 Å². The number of likely N-dealkylation sites (N-methyl/N-ethyl adjacent to an activating group) is 1. The number of fused-ring (bicyclic) bond motifs is 1. The Morgan fingerprint density at radius 1 is 1.06 bits per heavy atom. The molecular formula is C27H27N7O11S3. The summed E-state index contributed by atoms with van der Waals surface area (Å²) >= 11 is 2.65. The first-order valence-corrected chi connectivity index (χ1v) is 16.9. The highest BCUT2D eigenvalue weighted by atomic mass is 32.2. The fraction of sp³-hybridized carbons (Fsp3) is 0.333. The Kier molecular flexibility index (Phi) is 9.96. The summed E-state index contributed by atoms with van der Waals surface area (Å²) < 4.78 is 2.42. The second kappa shape index (κ2) is 13.8. The van der Waals surface area contributed by atoms with Gasteiger partial charge in [0.1, 0.15) is 17.1 Å². The van der Waals surface area contributed by atoms with Gasteiger partial charge in [0.15, 0.2) is 5.56 Å². The van der Waals surface area contributed by atoms with E-state index in [1.807, 2.05) is 0 Å². The first-order valence-electron chi connectivity index (χ1n) is 14.0. The largest absolute Gasteiger partial charge is 0.477 e. The molecule has 0 radical (unpaired) electrons. The number of piperazine rings is 1. The van der Waals surface area contributed by atoms with E-state index in [-0.39, 0.29) is 46.5 Å². The van der Waals surface area contributed by atoms with Crippen LogP contribution in [0.4, 0.5) is 4.79 Å². The maximum absolute atomic E-state index is 13.8. The van der Waals surface area contributed by atoms with E-state index in [1.54, 1.807) is 30.6 Å². The molecule has 4 heterocycles. The number of carboxylic acid groups (broad SMARTS) is 2. The van der Waals surface area contributed by atoms with Crippen molar-refractivity contribution in [2.24, 2.45) is 0 Å². The van der Waals surface area contributed by atoms with E-state index in [9.17, 15) is 53.8 Å². The lowest BCUT2D eigenvalue weighted by molar-refractivity contribution is -0.171. The number of aromatic amines is 1. The Morgan fingerprint density at radius 3 is 2.40 bits per heavy atom. The summed E-state index contributed by atoms with van der Waals surface area (Å²) in [6.45, 7) is 1.89. The van der Waals surface area contributed by atoms with Gasteiger partial charge in [-0.2, -0.15) is 5.48 Å². The number of carbonyl (C=O) groups is 7. The normalized spacial score (nSPS) is 21.4. The molecule has 2 fully saturated rings. The van der Waals surface area contributed by atoms with Crippen molar-refractivity contribution in [2.45, 2.75) is 28.2 Å². The number of thioether (sulfide) groups is 2. The summed E-state index contributed by atoms with van der Waals surface area (Å²) in [7, 11) is 0. The fourth-order valence-electron chi connectivity index (χ4n) is 5.29. The van der Waals surface area contributed by atoms with Crippen LogP contribution in [0.15, 0.2) is 50.6 Å². The number of hydrogen-bond acceptors (Lipinski definition) is 13. The molecule has 1 aromatic carbocycles. The summed E-state index contributed by atoms with van der Waals surface area (Å²) in [4.78, 5) is 104. The molecule has 3 aliphatic rings. The highest BCUT2D eigenvalue weighted by Crippen LogP contribution is 2.46. The highest BCUT2D eigenvalue weighted by Gasteiger charge is 2.66. The Bertz CT molecular complexity index is 1800. The topological polar surface area (TPSA) is 259 Å². The number of nitrogens with zero attached hydrogens (tertiary/aromatic N) is 3. The zero-order valence-electron chi connectivity index (χ0n) is 24.8. The number of nitrogens with one attached hydrogen (secondary N) is 4. The molecule has 3 aliphatic heterocycles. The third kappa shape index (κ3) is 6.05. The number of β-lactam (4-membered cyclic amide) rings is 1. The molecule has 18 nitrogen and oxygen atoms in total. The second-order valence-corrected chi connectivity index (χ2v) is 13.6. The number of carboxylic acids is 2. The quantitative estimate of drug-likeness (QED) is 0.0504. The third-order valence-corrected chi connectivity index (χ3v) is 11.3. The number of carbonyl (C=O) groups excluding carboxylic acids is 5. The zero-order chi connectivity index (χ0) is 34.9. The summed E-state index contributed by atoms with van der Waals surface area (Å²) in [5.41, 5.74) is -1.75. The minimum atomic E-state index is -2.24. The van der Waals surface area contributed by atoms with Crippen molar-refractivity contribution in [3.8, 4) is 0 Å². The number of amides is 6. The minimum absolute atomic E-state index is 0.0250. The van der Waals surface area contributed by atoms with Crippen LogP contribution in [0, 0.1) is 0 Å². The van der Waals surface area contributed by atoms with Crippen LogP contribution in [-0.2, 0) is 24.0 Å². The molecule has 1 aromatic heterocycles. The van der Waals surface area contributed by atoms with Gasteiger partial charge in [0.05, 0.1) is 4.21 Å². The number of aromatic carboxylic acids is 1. The number of imide groups is 1. The molecule has 7 N–H and O–H groups in total. The number of hydroxylamine groups is 1. The number of rotatable bonds is 11. The van der Waals surface area contributed by atoms with E-state index >= 15 is 0 Å². The van der Waals surface area contributed by atoms with E-state index in [1.165, 1.54) is 17.0 Å². The van der Waals surface area contributed by atoms with Crippen LogP contribution in [0.5, 0.6) is 0 Å². The SMILES string of the molecule is CCN1CCN(C(=O)NC(C(=O)N[C@]2(NO)C(=O)N3C(C(=O)O)=C(CSc4s[nH]c(=O)c4C(=O)O)CS[C@H]32)c2ccccc2)C(=O)C1=O. The Balaban J connectivity index is 1.37. The molecule has 48 heavy (non-hydrogen) atoms. The molecule has 0 spiro atoms. The number of aliphatic carboxylic acids is 1. The minimum Gasteiger partial charge on any atom is -0.477 e. The van der Waals surface area contributed by atoms with Crippen molar-refractivity contribution in [3.05, 3.63) is 63.1 Å². The third-order valence-electron chi connectivity index (χ3n) is 7.71. The van der Waals surface area contributed by atoms with Gasteiger partial charge < -0.3 is 31.0 Å². The highest BCUT2D eigenvalue weighted by molar-refractivity contribution is 8.02. The molecule has 3 atom stereocenters. The molecule has 0 bridgehead atoms. The average Bonchev–Trinajstić information content (AvgIpc) is 3.45. The summed E-state index contributed by atoms with van der Waals surface area (Å²) in [5.74, 6) is -7.12. The van der Waals surface area contributed by atoms with E-state index in [2.05, 4.69) is 15.0 Å². The van der Waals surface area contributed by atoms with Gasteiger partial charge in [-0.05, 0) is 18.1 Å². The number of aromatic nitrogens is 1. The first-order chi connectivity index (χ1) is 22.9. The van der Waals surface area contributed by atoms with Crippen LogP contribution in [0.25, 0.3) is 0 Å². The van der Waals surface area contributed by atoms with E-state index in [4.69, 9.17) is 0 Å². The Hall–Kier alpha value is -4.70. The van der Waals surface area contributed by atoms with E-state index < -0.39 is 75.5 Å². The number of urea groups is 1. The summed E-state index contributed by atoms with van der Waals surface area (Å²) in [6.07, 6.45) is 0. The lowest BCUT2D eigenvalue weighted by Gasteiger charge is -2.56. The maximum atomic E-state index is 13.8. The van der Waals surface area contributed by atoms with Crippen LogP contribution < -0.4 is 21.7 Å². The molecule has 254 valence electrons. The zero-order valence-corrected chi connectivity index (χ0v) is 27.2. The molecule has 2 saturated heterocycles. The van der Waals surface area contributed by atoms with Crippen molar-refractivity contribution < 1.29 is 49.0 Å². The molecular weight excluding hydrogens is 695 g/mol. The summed E-state index contributed by atoms with van der Waals surface area (Å²) in [6, 6.07) is 5.17. The monoisotopic (exact) mass is 721 g/mol. The Labute approximate surface area is 282 Å². The second-order valence-electron chi connectivity index (χ2n) is 10.4. The molecule has 6 amide bonds. The summed E-state index contributed by atoms with van der Waals surface area (Å²) in [5, 5.41) is 33.2. The van der Waals surface area contributed by atoms with Gasteiger partial charge in [-0.15, -0.1) is 23.5 Å². The van der Waals surface area contributed by atoms with Crippen LogP contribution in [0.1, 0.15) is 28.9 Å². The molecule has 21 heteroatoms. The number of H-pyrrole nitrogens is 1. The first kappa shape index (κ1) is 34.6. The van der Waals surface area contributed by atoms with Crippen LogP contribution in [-0.4, -0.2) is 118 Å². The van der Waals surface area contributed by atoms with Crippen molar-refractivity contribution in [1.29, 1.82) is 0 Å². The van der Waals surface area contributed by atoms with Crippen LogP contribution >= 0.6 is 35.1 Å². The Morgan fingerprint density at radius 2 is 1.77 bits per heavy atom. The molecule has 2 aromatic rings.